The molecule has 0 radical (unpaired) electrons. The minimum Gasteiger partial charge on any atom is -0.493 e. The van der Waals surface area contributed by atoms with Crippen molar-refractivity contribution >= 4 is 31.9 Å². The van der Waals surface area contributed by atoms with Gasteiger partial charge in [0.05, 0.1) is 22.4 Å². The van der Waals surface area contributed by atoms with E-state index in [1.165, 1.54) is 17.7 Å². The van der Waals surface area contributed by atoms with Crippen molar-refractivity contribution in [3.63, 3.8) is 0 Å². The highest BCUT2D eigenvalue weighted by Crippen LogP contribution is 2.27. The third-order valence-corrected chi connectivity index (χ3v) is 5.78. The lowest BCUT2D eigenvalue weighted by Gasteiger charge is -2.10. The van der Waals surface area contributed by atoms with Gasteiger partial charge in [-0.05, 0) is 64.5 Å². The highest BCUT2D eigenvalue weighted by atomic mass is 79.9. The van der Waals surface area contributed by atoms with E-state index in [0.29, 0.717) is 22.7 Å². The molecule has 0 saturated heterocycles. The smallest absolute Gasteiger partial charge is 0.264 e. The summed E-state index contributed by atoms with van der Waals surface area (Å²) in [6.45, 7) is 6.60. The van der Waals surface area contributed by atoms with E-state index in [0.717, 1.165) is 12.0 Å². The van der Waals surface area contributed by atoms with Gasteiger partial charge < -0.3 is 4.74 Å². The second kappa shape index (κ2) is 9.37. The Hall–Kier alpha value is -1.86. The molecule has 0 bridgehead atoms. The van der Waals surface area contributed by atoms with Crippen molar-refractivity contribution in [3.05, 3.63) is 58.1 Å². The fourth-order valence-electron chi connectivity index (χ4n) is 2.62. The summed E-state index contributed by atoms with van der Waals surface area (Å²) in [4.78, 5) is 12.2. The molecule has 0 atom stereocenters. The number of carbonyl (C=O) groups is 1. The fraction of sp³-hybridized carbons (Fsp3) is 0.350. The van der Waals surface area contributed by atoms with E-state index in [1.54, 1.807) is 6.07 Å². The Bertz CT molecular complexity index is 893. The van der Waals surface area contributed by atoms with E-state index in [1.807, 2.05) is 31.2 Å². The zero-order valence-electron chi connectivity index (χ0n) is 15.7. The molecule has 0 aromatic heterocycles. The highest BCUT2D eigenvalue weighted by Gasteiger charge is 2.19. The van der Waals surface area contributed by atoms with Crippen LogP contribution in [0.4, 0.5) is 0 Å². The third kappa shape index (κ3) is 6.36. The molecule has 0 aliphatic carbocycles. The first-order valence-corrected chi connectivity index (χ1v) is 11.0. The molecule has 0 unspecified atom stereocenters. The Morgan fingerprint density at radius 3 is 2.30 bits per heavy atom. The third-order valence-electron chi connectivity index (χ3n) is 3.79. The van der Waals surface area contributed by atoms with Crippen LogP contribution in [0, 0.1) is 5.92 Å². The van der Waals surface area contributed by atoms with Gasteiger partial charge in [-0.1, -0.05) is 38.1 Å². The normalized spacial score (nSPS) is 11.4. The summed E-state index contributed by atoms with van der Waals surface area (Å²) in [6.07, 6.45) is 0.965. The van der Waals surface area contributed by atoms with Crippen molar-refractivity contribution in [2.24, 2.45) is 5.92 Å². The first-order valence-electron chi connectivity index (χ1n) is 8.77. The second-order valence-electron chi connectivity index (χ2n) is 6.65. The Labute approximate surface area is 169 Å². The van der Waals surface area contributed by atoms with Crippen molar-refractivity contribution in [3.8, 4) is 5.75 Å². The van der Waals surface area contributed by atoms with Crippen LogP contribution in [0.15, 0.2) is 51.8 Å². The minimum atomic E-state index is -3.94. The van der Waals surface area contributed by atoms with Crippen molar-refractivity contribution in [2.45, 2.75) is 38.5 Å². The number of ether oxygens (including phenoxy) is 1. The summed E-state index contributed by atoms with van der Waals surface area (Å²) < 4.78 is 32.9. The summed E-state index contributed by atoms with van der Waals surface area (Å²) in [5, 5.41) is 0. The molecule has 0 aliphatic heterocycles. The van der Waals surface area contributed by atoms with E-state index in [-0.39, 0.29) is 11.3 Å². The zero-order valence-corrected chi connectivity index (χ0v) is 18.1. The summed E-state index contributed by atoms with van der Waals surface area (Å²) in [5.41, 5.74) is 1.96. The predicted molar refractivity (Wildman–Crippen MR) is 109 cm³/mol. The standard InChI is InChI=1S/C20H24BrNO4S/c1-4-26-19-10-9-17(13-18(19)21)27(24,25)22-20(23)12-16-7-5-15(6-8-16)11-14(2)3/h5-10,13-14H,4,11-12H2,1-3H3,(H,22,23). The van der Waals surface area contributed by atoms with Gasteiger partial charge in [0.1, 0.15) is 5.75 Å². The average molecular weight is 454 g/mol. The van der Waals surface area contributed by atoms with Gasteiger partial charge in [0.15, 0.2) is 0 Å². The number of nitrogens with one attached hydrogen (secondary N) is 1. The number of sulfonamides is 1. The van der Waals surface area contributed by atoms with Crippen LogP contribution in [-0.2, 0) is 27.7 Å². The molecule has 0 saturated carbocycles. The van der Waals surface area contributed by atoms with Gasteiger partial charge in [0, 0.05) is 0 Å². The molecule has 5 nitrogen and oxygen atoms in total. The lowest BCUT2D eigenvalue weighted by Crippen LogP contribution is -2.31. The molecule has 27 heavy (non-hydrogen) atoms. The molecule has 2 aromatic rings. The predicted octanol–water partition coefficient (Wildman–Crippen LogP) is 4.09. The van der Waals surface area contributed by atoms with Crippen LogP contribution in [-0.4, -0.2) is 20.9 Å². The van der Waals surface area contributed by atoms with Crippen molar-refractivity contribution in [1.82, 2.24) is 4.72 Å². The van der Waals surface area contributed by atoms with Gasteiger partial charge in [-0.3, -0.25) is 4.79 Å². The summed E-state index contributed by atoms with van der Waals surface area (Å²) in [7, 11) is -3.94. The van der Waals surface area contributed by atoms with E-state index < -0.39 is 15.9 Å². The van der Waals surface area contributed by atoms with Gasteiger partial charge in [0.2, 0.25) is 5.91 Å². The average Bonchev–Trinajstić information content (AvgIpc) is 2.57. The van der Waals surface area contributed by atoms with E-state index in [4.69, 9.17) is 4.74 Å². The van der Waals surface area contributed by atoms with Crippen LogP contribution in [0.5, 0.6) is 5.75 Å². The van der Waals surface area contributed by atoms with Gasteiger partial charge in [-0.15, -0.1) is 0 Å². The molecule has 0 heterocycles. The van der Waals surface area contributed by atoms with Gasteiger partial charge >= 0.3 is 0 Å². The van der Waals surface area contributed by atoms with E-state index in [2.05, 4.69) is 34.5 Å². The van der Waals surface area contributed by atoms with Crippen LogP contribution in [0.2, 0.25) is 0 Å². The summed E-state index contributed by atoms with van der Waals surface area (Å²) in [6, 6.07) is 12.0. The van der Waals surface area contributed by atoms with Crippen molar-refractivity contribution < 1.29 is 17.9 Å². The highest BCUT2D eigenvalue weighted by molar-refractivity contribution is 9.10. The zero-order chi connectivity index (χ0) is 20.0. The minimum absolute atomic E-state index is 0.000608. The van der Waals surface area contributed by atoms with Crippen LogP contribution >= 0.6 is 15.9 Å². The van der Waals surface area contributed by atoms with Crippen molar-refractivity contribution in [1.29, 1.82) is 0 Å². The first-order chi connectivity index (χ1) is 12.7. The topological polar surface area (TPSA) is 72.5 Å². The first kappa shape index (κ1) is 21.4. The lowest BCUT2D eigenvalue weighted by molar-refractivity contribution is -0.118. The molecule has 2 aromatic carbocycles. The number of amides is 1. The molecule has 146 valence electrons. The number of benzene rings is 2. The fourth-order valence-corrected chi connectivity index (χ4v) is 4.27. The van der Waals surface area contributed by atoms with Gasteiger partial charge in [-0.2, -0.15) is 0 Å². The SMILES string of the molecule is CCOc1ccc(S(=O)(=O)NC(=O)Cc2ccc(CC(C)C)cc2)cc1Br. The summed E-state index contributed by atoms with van der Waals surface area (Å²) >= 11 is 3.28. The summed E-state index contributed by atoms with van der Waals surface area (Å²) in [5.74, 6) is 0.526. The van der Waals surface area contributed by atoms with Crippen LogP contribution < -0.4 is 9.46 Å². The lowest BCUT2D eigenvalue weighted by atomic mass is 10.0. The largest absolute Gasteiger partial charge is 0.493 e. The molecule has 0 aliphatic rings. The Morgan fingerprint density at radius 2 is 1.74 bits per heavy atom. The molecular weight excluding hydrogens is 430 g/mol. The Balaban J connectivity index is 2.04. The maximum atomic E-state index is 12.4. The monoisotopic (exact) mass is 453 g/mol. The molecular formula is C20H24BrNO4S. The maximum Gasteiger partial charge on any atom is 0.264 e. The van der Waals surface area contributed by atoms with Gasteiger partial charge in [0.25, 0.3) is 10.0 Å². The van der Waals surface area contributed by atoms with Crippen LogP contribution in [0.3, 0.4) is 0 Å². The van der Waals surface area contributed by atoms with Crippen molar-refractivity contribution in [2.75, 3.05) is 6.61 Å². The number of rotatable bonds is 8. The molecule has 1 N–H and O–H groups in total. The second-order valence-corrected chi connectivity index (χ2v) is 9.18. The Kier molecular flexibility index (Phi) is 7.44. The van der Waals surface area contributed by atoms with E-state index >= 15 is 0 Å². The maximum absolute atomic E-state index is 12.4. The van der Waals surface area contributed by atoms with Crippen LogP contribution in [0.1, 0.15) is 31.9 Å². The van der Waals surface area contributed by atoms with Crippen LogP contribution in [0.25, 0.3) is 0 Å². The molecule has 0 spiro atoms. The number of halogens is 1. The number of hydrogen-bond acceptors (Lipinski definition) is 4. The number of hydrogen-bond donors (Lipinski definition) is 1. The molecule has 7 heteroatoms. The Morgan fingerprint density at radius 1 is 1.11 bits per heavy atom. The molecule has 1 amide bonds. The number of carbonyl (C=O) groups excluding carboxylic acids is 1. The van der Waals surface area contributed by atoms with E-state index in [9.17, 15) is 13.2 Å². The molecule has 2 rings (SSSR count). The quantitative estimate of drug-likeness (QED) is 0.652. The molecule has 0 fully saturated rings. The van der Waals surface area contributed by atoms with Gasteiger partial charge in [-0.25, -0.2) is 13.1 Å².